The van der Waals surface area contributed by atoms with Crippen LogP contribution in [-0.4, -0.2) is 51.1 Å². The molecule has 1 aliphatic rings. The van der Waals surface area contributed by atoms with E-state index in [9.17, 15) is 13.2 Å². The van der Waals surface area contributed by atoms with Crippen LogP contribution in [0.1, 0.15) is 12.1 Å². The van der Waals surface area contributed by atoms with Crippen LogP contribution in [0.2, 0.25) is 0 Å². The van der Waals surface area contributed by atoms with Crippen LogP contribution in [0.3, 0.4) is 0 Å². The largest absolute Gasteiger partial charge is 0.436 e. The van der Waals surface area contributed by atoms with Gasteiger partial charge in [-0.25, -0.2) is 32.7 Å². The number of nitrogens with zero attached hydrogens (tertiary/aromatic N) is 6. The molecule has 0 unspecified atom stereocenters. The zero-order valence-corrected chi connectivity index (χ0v) is 26.5. The average Bonchev–Trinajstić information content (AvgIpc) is 3.65. The molecule has 0 spiro atoms. The molecule has 1 amide bonds. The van der Waals surface area contributed by atoms with Gasteiger partial charge in [0.2, 0.25) is 11.8 Å². The van der Waals surface area contributed by atoms with Gasteiger partial charge in [0.25, 0.3) is 0 Å². The molecule has 5 heterocycles. The molecule has 2 aromatic carbocycles. The summed E-state index contributed by atoms with van der Waals surface area (Å²) in [5, 5.41) is 3.29. The van der Waals surface area contributed by atoms with E-state index in [-0.39, 0.29) is 40.3 Å². The first-order valence-electron chi connectivity index (χ1n) is 15.0. The highest BCUT2D eigenvalue weighted by Gasteiger charge is 2.32. The van der Waals surface area contributed by atoms with Crippen LogP contribution in [0.4, 0.5) is 27.5 Å². The van der Waals surface area contributed by atoms with Crippen LogP contribution in [0, 0.1) is 12.7 Å². The molecule has 14 heteroatoms. The fourth-order valence-electron chi connectivity index (χ4n) is 5.76. The number of nitrogen functional groups attached to an aromatic ring is 1. The molecule has 3 N–H and O–H groups in total. The number of benzene rings is 2. The van der Waals surface area contributed by atoms with Gasteiger partial charge in [-0.15, -0.1) is 0 Å². The summed E-state index contributed by atoms with van der Waals surface area (Å²) in [5.74, 6) is 0.0788. The zero-order chi connectivity index (χ0) is 33.4. The Morgan fingerprint density at radius 3 is 2.62 bits per heavy atom. The maximum atomic E-state index is 15.6. The highest BCUT2D eigenvalue weighted by atomic mass is 32.2. The Morgan fingerprint density at radius 1 is 1.00 bits per heavy atom. The molecule has 0 bridgehead atoms. The number of halogens is 1. The number of anilines is 4. The lowest BCUT2D eigenvalue weighted by atomic mass is 10.0. The van der Waals surface area contributed by atoms with Crippen molar-refractivity contribution < 1.29 is 22.3 Å². The first-order chi connectivity index (χ1) is 23.2. The molecule has 48 heavy (non-hydrogen) atoms. The molecule has 0 saturated heterocycles. The monoisotopic (exact) mass is 664 g/mol. The Balaban J connectivity index is 1.19. The Morgan fingerprint density at radius 2 is 1.83 bits per heavy atom. The Kier molecular flexibility index (Phi) is 7.93. The lowest BCUT2D eigenvalue weighted by Crippen LogP contribution is -2.19. The van der Waals surface area contributed by atoms with E-state index < -0.39 is 21.6 Å². The summed E-state index contributed by atoms with van der Waals surface area (Å²) in [6, 6.07) is 21.4. The normalized spacial score (nSPS) is 12.7. The number of aromatic nitrogens is 5. The van der Waals surface area contributed by atoms with Gasteiger partial charge in [0, 0.05) is 54.8 Å². The van der Waals surface area contributed by atoms with E-state index in [0.29, 0.717) is 46.8 Å². The van der Waals surface area contributed by atoms with Crippen LogP contribution in [0.5, 0.6) is 11.6 Å². The van der Waals surface area contributed by atoms with Crippen molar-refractivity contribution in [2.45, 2.75) is 24.8 Å². The minimum atomic E-state index is -3.62. The molecule has 0 fully saturated rings. The summed E-state index contributed by atoms with van der Waals surface area (Å²) in [4.78, 5) is 32.3. The predicted molar refractivity (Wildman–Crippen MR) is 179 cm³/mol. The Hall–Kier alpha value is -5.89. The summed E-state index contributed by atoms with van der Waals surface area (Å²) in [6.07, 6.45) is 2.70. The summed E-state index contributed by atoms with van der Waals surface area (Å²) in [5.41, 5.74) is 9.59. The van der Waals surface area contributed by atoms with Crippen LogP contribution in [-0.2, 0) is 21.2 Å². The maximum Gasteiger partial charge on any atom is 0.226 e. The van der Waals surface area contributed by atoms with Crippen molar-refractivity contribution in [2.75, 3.05) is 28.2 Å². The second-order valence-corrected chi connectivity index (χ2v) is 13.3. The second-order valence-electron chi connectivity index (χ2n) is 11.2. The number of hydrogen-bond acceptors (Lipinski definition) is 10. The molecule has 0 aliphatic carbocycles. The van der Waals surface area contributed by atoms with Gasteiger partial charge in [0.15, 0.2) is 21.4 Å². The third-order valence-corrected chi connectivity index (χ3v) is 9.70. The van der Waals surface area contributed by atoms with Gasteiger partial charge in [-0.3, -0.25) is 4.79 Å². The Labute approximate surface area is 275 Å². The van der Waals surface area contributed by atoms with E-state index in [1.165, 1.54) is 24.5 Å². The number of hydrogen-bond donors (Lipinski definition) is 2. The van der Waals surface area contributed by atoms with E-state index in [1.807, 2.05) is 22.5 Å². The maximum absolute atomic E-state index is 15.6. The quantitative estimate of drug-likeness (QED) is 0.197. The average molecular weight is 665 g/mol. The topological polar surface area (TPSA) is 158 Å². The van der Waals surface area contributed by atoms with E-state index in [0.717, 1.165) is 5.69 Å². The summed E-state index contributed by atoms with van der Waals surface area (Å²) in [7, 11) is -3.62. The number of sulfone groups is 1. The van der Waals surface area contributed by atoms with Crippen LogP contribution in [0.25, 0.3) is 22.2 Å². The number of carbonyl (C=O) groups excluding carboxylic acids is 1. The molecule has 1 aliphatic heterocycles. The van der Waals surface area contributed by atoms with Crippen molar-refractivity contribution in [3.8, 4) is 22.8 Å². The van der Waals surface area contributed by atoms with Crippen molar-refractivity contribution in [3.63, 3.8) is 0 Å². The molecule has 0 saturated carbocycles. The highest BCUT2D eigenvalue weighted by molar-refractivity contribution is 7.91. The third kappa shape index (κ3) is 5.88. The van der Waals surface area contributed by atoms with Gasteiger partial charge in [-0.1, -0.05) is 30.3 Å². The number of amides is 1. The van der Waals surface area contributed by atoms with Gasteiger partial charge in [-0.05, 0) is 48.9 Å². The molecule has 0 radical (unpaired) electrons. The Bertz CT molecular complexity index is 2300. The van der Waals surface area contributed by atoms with Crippen molar-refractivity contribution in [3.05, 3.63) is 103 Å². The number of ether oxygens (including phenoxy) is 1. The van der Waals surface area contributed by atoms with Crippen LogP contribution < -0.4 is 20.7 Å². The van der Waals surface area contributed by atoms with E-state index in [2.05, 4.69) is 25.3 Å². The van der Waals surface area contributed by atoms with Crippen molar-refractivity contribution in [2.24, 2.45) is 0 Å². The van der Waals surface area contributed by atoms with Crippen LogP contribution >= 0.6 is 0 Å². The standard InChI is InChI=1S/C34H29FN8O4S/c1-21-6-5-9-29(40-21)47-26-11-10-22(18-25(26)35)30-31-32(36)38-20-39-33(31)43-16-15-42(34(30)43)23-12-14-37-27(19-23)41-28(44)13-17-48(45,46)24-7-3-2-4-8-24/h2-12,14,18-20H,13,15-17H2,1H3,(H2,36,38,39)(H,37,41,44). The number of fused-ring (bicyclic) bond motifs is 3. The fourth-order valence-corrected chi connectivity index (χ4v) is 7.03. The van der Waals surface area contributed by atoms with E-state index in [4.69, 9.17) is 10.5 Å². The SMILES string of the molecule is Cc1cccc(Oc2ccc(-c3c4n(c5ncnc(N)c35)CCN4c3ccnc(NC(=O)CCS(=O)(=O)c4ccccc4)c3)cc2F)n1. The molecule has 6 aromatic rings. The molecule has 0 atom stereocenters. The predicted octanol–water partition coefficient (Wildman–Crippen LogP) is 5.66. The highest BCUT2D eigenvalue weighted by Crippen LogP contribution is 2.47. The number of nitrogens with one attached hydrogen (secondary N) is 1. The lowest BCUT2D eigenvalue weighted by Gasteiger charge is -2.20. The number of aryl methyl sites for hydroxylation is 1. The summed E-state index contributed by atoms with van der Waals surface area (Å²) in [6.45, 7) is 2.91. The fraction of sp³-hybridized carbons (Fsp3) is 0.147. The third-order valence-electron chi connectivity index (χ3n) is 7.97. The van der Waals surface area contributed by atoms with Crippen molar-refractivity contribution >= 4 is 49.9 Å². The molecule has 242 valence electrons. The smallest absolute Gasteiger partial charge is 0.226 e. The van der Waals surface area contributed by atoms with Gasteiger partial charge < -0.3 is 25.3 Å². The first-order valence-corrected chi connectivity index (χ1v) is 16.7. The minimum Gasteiger partial charge on any atom is -0.436 e. The lowest BCUT2D eigenvalue weighted by molar-refractivity contribution is -0.115. The van der Waals surface area contributed by atoms with Gasteiger partial charge >= 0.3 is 0 Å². The first kappa shape index (κ1) is 30.7. The molecule has 4 aromatic heterocycles. The summed E-state index contributed by atoms with van der Waals surface area (Å²) < 4.78 is 48.6. The molecule has 12 nitrogen and oxygen atoms in total. The molecule has 7 rings (SSSR count). The van der Waals surface area contributed by atoms with E-state index >= 15 is 4.39 Å². The van der Waals surface area contributed by atoms with Gasteiger partial charge in [0.1, 0.15) is 29.4 Å². The number of pyridine rings is 2. The minimum absolute atomic E-state index is 0.0178. The number of carbonyl (C=O) groups is 1. The van der Waals surface area contributed by atoms with Crippen molar-refractivity contribution in [1.29, 1.82) is 0 Å². The molecular weight excluding hydrogens is 635 g/mol. The van der Waals surface area contributed by atoms with E-state index in [1.54, 1.807) is 60.8 Å². The summed E-state index contributed by atoms with van der Waals surface area (Å²) >= 11 is 0. The zero-order valence-electron chi connectivity index (χ0n) is 25.7. The van der Waals surface area contributed by atoms with Crippen LogP contribution in [0.15, 0.2) is 96.3 Å². The van der Waals surface area contributed by atoms with Crippen molar-refractivity contribution in [1.82, 2.24) is 24.5 Å². The second kappa shape index (κ2) is 12.4. The number of nitrogens with two attached hydrogens (primary N) is 1. The van der Waals surface area contributed by atoms with Gasteiger partial charge in [-0.2, -0.15) is 0 Å². The molecular formula is C34H29FN8O4S. The van der Waals surface area contributed by atoms with Gasteiger partial charge in [0.05, 0.1) is 16.0 Å². The number of rotatable bonds is 9.